The van der Waals surface area contributed by atoms with Gasteiger partial charge in [-0.3, -0.25) is 0 Å². The van der Waals surface area contributed by atoms with Crippen LogP contribution in [0.15, 0.2) is 77.7 Å². The van der Waals surface area contributed by atoms with E-state index in [1.807, 2.05) is 0 Å². The SMILES string of the molecule is Cc1cc(Cl)ccc1OC(=O)c1ccc(CS(=O)(=O)c2ccccc2)cc1. The molecule has 0 saturated carbocycles. The molecule has 0 spiro atoms. The summed E-state index contributed by atoms with van der Waals surface area (Å²) in [7, 11) is -3.43. The Bertz CT molecular complexity index is 1060. The molecule has 3 aromatic carbocycles. The van der Waals surface area contributed by atoms with E-state index in [1.165, 1.54) is 0 Å². The molecule has 0 saturated heterocycles. The molecule has 0 amide bonds. The van der Waals surface area contributed by atoms with Crippen LogP contribution in [0.5, 0.6) is 5.75 Å². The van der Waals surface area contributed by atoms with Crippen LogP contribution in [0.25, 0.3) is 0 Å². The maximum atomic E-state index is 12.4. The highest BCUT2D eigenvalue weighted by Crippen LogP contribution is 2.23. The minimum Gasteiger partial charge on any atom is -0.423 e. The molecule has 6 heteroatoms. The van der Waals surface area contributed by atoms with Crippen LogP contribution >= 0.6 is 11.6 Å². The second-order valence-electron chi connectivity index (χ2n) is 6.07. The molecule has 0 bridgehead atoms. The second kappa shape index (κ2) is 7.94. The lowest BCUT2D eigenvalue weighted by Crippen LogP contribution is -2.10. The molecule has 4 nitrogen and oxygen atoms in total. The predicted molar refractivity (Wildman–Crippen MR) is 105 cm³/mol. The predicted octanol–water partition coefficient (Wildman–Crippen LogP) is 4.84. The Kier molecular flexibility index (Phi) is 5.63. The van der Waals surface area contributed by atoms with Crippen LogP contribution in [0.4, 0.5) is 0 Å². The third-order valence-electron chi connectivity index (χ3n) is 3.99. The third kappa shape index (κ3) is 4.76. The van der Waals surface area contributed by atoms with E-state index in [-0.39, 0.29) is 10.6 Å². The lowest BCUT2D eigenvalue weighted by atomic mass is 10.1. The quantitative estimate of drug-likeness (QED) is 0.454. The molecule has 0 N–H and O–H groups in total. The van der Waals surface area contributed by atoms with Crippen molar-refractivity contribution in [1.82, 2.24) is 0 Å². The van der Waals surface area contributed by atoms with Crippen LogP contribution < -0.4 is 4.74 Å². The van der Waals surface area contributed by atoms with Gasteiger partial charge in [-0.15, -0.1) is 0 Å². The number of carbonyl (C=O) groups is 1. The molecular formula is C21H17ClO4S. The molecule has 3 rings (SSSR count). The van der Waals surface area contributed by atoms with Crippen LogP contribution in [0.1, 0.15) is 21.5 Å². The van der Waals surface area contributed by atoms with E-state index in [2.05, 4.69) is 0 Å². The van der Waals surface area contributed by atoms with Crippen molar-refractivity contribution in [2.24, 2.45) is 0 Å². The fourth-order valence-electron chi connectivity index (χ4n) is 2.55. The van der Waals surface area contributed by atoms with E-state index in [9.17, 15) is 13.2 Å². The zero-order valence-electron chi connectivity index (χ0n) is 14.6. The maximum absolute atomic E-state index is 12.4. The first-order valence-electron chi connectivity index (χ1n) is 8.20. The molecule has 0 radical (unpaired) electrons. The van der Waals surface area contributed by atoms with Gasteiger partial charge < -0.3 is 4.74 Å². The zero-order valence-corrected chi connectivity index (χ0v) is 16.1. The van der Waals surface area contributed by atoms with Crippen molar-refractivity contribution in [3.05, 3.63) is 94.5 Å². The molecule has 0 heterocycles. The van der Waals surface area contributed by atoms with Crippen molar-refractivity contribution in [2.45, 2.75) is 17.6 Å². The van der Waals surface area contributed by atoms with E-state index in [1.54, 1.807) is 79.7 Å². The van der Waals surface area contributed by atoms with E-state index in [0.717, 1.165) is 5.56 Å². The lowest BCUT2D eigenvalue weighted by molar-refractivity contribution is 0.0733. The fourth-order valence-corrected chi connectivity index (χ4v) is 4.15. The first-order valence-corrected chi connectivity index (χ1v) is 10.2. The normalized spacial score (nSPS) is 11.2. The van der Waals surface area contributed by atoms with Gasteiger partial charge in [0.1, 0.15) is 5.75 Å². The number of halogens is 1. The largest absolute Gasteiger partial charge is 0.423 e. The Morgan fingerprint density at radius 2 is 1.63 bits per heavy atom. The highest BCUT2D eigenvalue weighted by molar-refractivity contribution is 7.90. The van der Waals surface area contributed by atoms with E-state index < -0.39 is 15.8 Å². The van der Waals surface area contributed by atoms with Crippen LogP contribution in [-0.4, -0.2) is 14.4 Å². The van der Waals surface area contributed by atoms with Crippen molar-refractivity contribution in [2.75, 3.05) is 0 Å². The molecule has 0 aliphatic heterocycles. The lowest BCUT2D eigenvalue weighted by Gasteiger charge is -2.08. The van der Waals surface area contributed by atoms with Gasteiger partial charge in [0.15, 0.2) is 9.84 Å². The van der Waals surface area contributed by atoms with Gasteiger partial charge in [-0.2, -0.15) is 0 Å². The van der Waals surface area contributed by atoms with Crippen molar-refractivity contribution in [1.29, 1.82) is 0 Å². The number of benzene rings is 3. The number of ether oxygens (including phenoxy) is 1. The number of hydrogen-bond donors (Lipinski definition) is 0. The molecule has 0 unspecified atom stereocenters. The van der Waals surface area contributed by atoms with Gasteiger partial charge in [0, 0.05) is 5.02 Å². The van der Waals surface area contributed by atoms with Crippen molar-refractivity contribution >= 4 is 27.4 Å². The number of hydrogen-bond acceptors (Lipinski definition) is 4. The summed E-state index contributed by atoms with van der Waals surface area (Å²) in [6, 6.07) is 19.6. The number of aryl methyl sites for hydroxylation is 1. The first-order chi connectivity index (χ1) is 12.8. The Morgan fingerprint density at radius 1 is 0.963 bits per heavy atom. The highest BCUT2D eigenvalue weighted by Gasteiger charge is 2.16. The Labute approximate surface area is 163 Å². The van der Waals surface area contributed by atoms with Crippen molar-refractivity contribution in [3.63, 3.8) is 0 Å². The molecule has 0 aliphatic carbocycles. The minimum absolute atomic E-state index is 0.136. The molecule has 138 valence electrons. The molecule has 0 aliphatic rings. The first kappa shape index (κ1) is 19.1. The number of carbonyl (C=O) groups excluding carboxylic acids is 1. The van der Waals surface area contributed by atoms with Crippen LogP contribution in [0.3, 0.4) is 0 Å². The summed E-state index contributed by atoms with van der Waals surface area (Å²) in [5, 5.41) is 0.566. The van der Waals surface area contributed by atoms with E-state index in [4.69, 9.17) is 16.3 Å². The summed E-state index contributed by atoms with van der Waals surface area (Å²) < 4.78 is 30.2. The van der Waals surface area contributed by atoms with Crippen molar-refractivity contribution in [3.8, 4) is 5.75 Å². The second-order valence-corrected chi connectivity index (χ2v) is 8.49. The third-order valence-corrected chi connectivity index (χ3v) is 5.93. The summed E-state index contributed by atoms with van der Waals surface area (Å²) in [6.07, 6.45) is 0. The number of rotatable bonds is 5. The molecule has 0 aromatic heterocycles. The van der Waals surface area contributed by atoms with E-state index >= 15 is 0 Å². The van der Waals surface area contributed by atoms with Gasteiger partial charge in [0.25, 0.3) is 0 Å². The van der Waals surface area contributed by atoms with Crippen LogP contribution in [0.2, 0.25) is 5.02 Å². The monoisotopic (exact) mass is 400 g/mol. The Balaban J connectivity index is 1.72. The summed E-state index contributed by atoms with van der Waals surface area (Å²) in [5.74, 6) is -0.221. The Morgan fingerprint density at radius 3 is 2.26 bits per heavy atom. The number of esters is 1. The fraction of sp³-hybridized carbons (Fsp3) is 0.0952. The van der Waals surface area contributed by atoms with Gasteiger partial charge in [-0.05, 0) is 60.5 Å². The van der Waals surface area contributed by atoms with Gasteiger partial charge in [0.2, 0.25) is 0 Å². The Hall–Kier alpha value is -2.63. The molecular weight excluding hydrogens is 384 g/mol. The topological polar surface area (TPSA) is 60.4 Å². The standard InChI is InChI=1S/C21H17ClO4S/c1-15-13-18(22)11-12-20(15)26-21(23)17-9-7-16(8-10-17)14-27(24,25)19-5-3-2-4-6-19/h2-13H,14H2,1H3. The summed E-state index contributed by atoms with van der Waals surface area (Å²) in [6.45, 7) is 1.80. The summed E-state index contributed by atoms with van der Waals surface area (Å²) in [5.41, 5.74) is 1.68. The maximum Gasteiger partial charge on any atom is 0.343 e. The summed E-state index contributed by atoms with van der Waals surface area (Å²) in [4.78, 5) is 12.6. The van der Waals surface area contributed by atoms with Gasteiger partial charge in [-0.25, -0.2) is 13.2 Å². The minimum atomic E-state index is -3.43. The van der Waals surface area contributed by atoms with Crippen LogP contribution in [0, 0.1) is 6.92 Å². The average molecular weight is 401 g/mol. The van der Waals surface area contributed by atoms with Gasteiger partial charge >= 0.3 is 5.97 Å². The molecule has 0 atom stereocenters. The van der Waals surface area contributed by atoms with Crippen molar-refractivity contribution < 1.29 is 17.9 Å². The summed E-state index contributed by atoms with van der Waals surface area (Å²) >= 11 is 5.90. The molecule has 27 heavy (non-hydrogen) atoms. The van der Waals surface area contributed by atoms with E-state index in [0.29, 0.717) is 21.9 Å². The van der Waals surface area contributed by atoms with Crippen LogP contribution in [-0.2, 0) is 15.6 Å². The number of sulfone groups is 1. The van der Waals surface area contributed by atoms with Gasteiger partial charge in [-0.1, -0.05) is 41.9 Å². The highest BCUT2D eigenvalue weighted by atomic mass is 35.5. The zero-order chi connectivity index (χ0) is 19.4. The average Bonchev–Trinajstić information content (AvgIpc) is 2.65. The molecule has 3 aromatic rings. The van der Waals surface area contributed by atoms with Gasteiger partial charge in [0.05, 0.1) is 16.2 Å². The molecule has 0 fully saturated rings. The smallest absolute Gasteiger partial charge is 0.343 e.